The molecule has 3 nitrogen and oxygen atoms in total. The van der Waals surface area contributed by atoms with Crippen LogP contribution in [0.4, 0.5) is 5.69 Å². The molecule has 1 amide bonds. The van der Waals surface area contributed by atoms with Crippen LogP contribution in [0.1, 0.15) is 33.6 Å². The molecule has 6 heteroatoms. The molecular formula is C17H18BrCl2NO2. The van der Waals surface area contributed by atoms with Crippen LogP contribution < -0.4 is 5.32 Å². The second-order valence-corrected chi connectivity index (χ2v) is 8.94. The molecular weight excluding hydrogens is 401 g/mol. The van der Waals surface area contributed by atoms with Crippen molar-refractivity contribution in [2.45, 2.75) is 38.4 Å². The van der Waals surface area contributed by atoms with E-state index in [0.717, 1.165) is 0 Å². The Balaban J connectivity index is 2.04. The number of carbonyl (C=O) groups is 2. The molecule has 0 spiro atoms. The minimum absolute atomic E-state index is 0.106. The van der Waals surface area contributed by atoms with E-state index in [1.54, 1.807) is 18.2 Å². The number of alkyl halides is 1. The van der Waals surface area contributed by atoms with Crippen LogP contribution in [-0.2, 0) is 9.59 Å². The summed E-state index contributed by atoms with van der Waals surface area (Å²) in [5, 5.41) is 3.65. The average Bonchev–Trinajstić information content (AvgIpc) is 2.75. The number of amides is 1. The molecule has 3 rings (SSSR count). The Morgan fingerprint density at radius 1 is 1.22 bits per heavy atom. The molecule has 3 atom stereocenters. The van der Waals surface area contributed by atoms with E-state index in [-0.39, 0.29) is 11.7 Å². The highest BCUT2D eigenvalue weighted by atomic mass is 79.9. The number of halogens is 3. The van der Waals surface area contributed by atoms with Gasteiger partial charge < -0.3 is 5.32 Å². The Morgan fingerprint density at radius 2 is 1.78 bits per heavy atom. The summed E-state index contributed by atoms with van der Waals surface area (Å²) in [5.74, 6) is -0.0943. The predicted molar refractivity (Wildman–Crippen MR) is 96.4 cm³/mol. The average molecular weight is 419 g/mol. The van der Waals surface area contributed by atoms with Crippen LogP contribution >= 0.6 is 39.1 Å². The Hall–Kier alpha value is -0.580. The van der Waals surface area contributed by atoms with Gasteiger partial charge in [-0.1, -0.05) is 66.0 Å². The highest BCUT2D eigenvalue weighted by Crippen LogP contribution is 2.72. The number of para-hydroxylation sites is 1. The van der Waals surface area contributed by atoms with Gasteiger partial charge in [0.1, 0.15) is 0 Å². The summed E-state index contributed by atoms with van der Waals surface area (Å²) in [4.78, 5) is 25.4. The molecule has 2 fully saturated rings. The number of rotatable bonds is 2. The molecule has 2 saturated carbocycles. The molecule has 0 heterocycles. The lowest BCUT2D eigenvalue weighted by Crippen LogP contribution is -2.48. The van der Waals surface area contributed by atoms with Gasteiger partial charge in [0.15, 0.2) is 5.78 Å². The van der Waals surface area contributed by atoms with E-state index in [2.05, 4.69) is 21.2 Å². The molecule has 2 aliphatic carbocycles. The molecule has 0 aliphatic heterocycles. The van der Waals surface area contributed by atoms with Gasteiger partial charge in [0.2, 0.25) is 5.91 Å². The number of carbonyl (C=O) groups excluding carboxylic acids is 2. The third kappa shape index (κ3) is 1.95. The van der Waals surface area contributed by atoms with Crippen molar-refractivity contribution >= 4 is 56.5 Å². The Labute approximate surface area is 154 Å². The molecule has 1 aromatic rings. The second-order valence-electron chi connectivity index (χ2n) is 7.21. The van der Waals surface area contributed by atoms with Gasteiger partial charge in [-0.2, -0.15) is 0 Å². The van der Waals surface area contributed by atoms with Crippen molar-refractivity contribution in [3.63, 3.8) is 0 Å². The van der Waals surface area contributed by atoms with E-state index in [9.17, 15) is 9.59 Å². The smallest absolute Gasteiger partial charge is 0.232 e. The SMILES string of the molecule is CC1(C)[C@]2(C)CC[C@@]1(C(=O)Nc1c(Cl)cccc1Cl)[C@H](Br)C2=O. The summed E-state index contributed by atoms with van der Waals surface area (Å²) in [6, 6.07) is 5.08. The monoisotopic (exact) mass is 417 g/mol. The molecule has 23 heavy (non-hydrogen) atoms. The van der Waals surface area contributed by atoms with Gasteiger partial charge in [0.05, 0.1) is 26.0 Å². The Morgan fingerprint density at radius 3 is 2.26 bits per heavy atom. The predicted octanol–water partition coefficient (Wildman–Crippen LogP) is 5.09. The van der Waals surface area contributed by atoms with Crippen LogP contribution in [0, 0.1) is 16.2 Å². The zero-order valence-corrected chi connectivity index (χ0v) is 16.3. The van der Waals surface area contributed by atoms with Gasteiger partial charge in [0, 0.05) is 5.41 Å². The molecule has 124 valence electrons. The normalized spacial score (nSPS) is 34.7. The maximum absolute atomic E-state index is 13.2. The van der Waals surface area contributed by atoms with Crippen LogP contribution in [0.15, 0.2) is 18.2 Å². The summed E-state index contributed by atoms with van der Waals surface area (Å²) in [7, 11) is 0. The highest BCUT2D eigenvalue weighted by molar-refractivity contribution is 9.10. The Bertz CT molecular complexity index is 700. The van der Waals surface area contributed by atoms with Crippen LogP contribution in [-0.4, -0.2) is 16.5 Å². The van der Waals surface area contributed by atoms with Gasteiger partial charge in [0.25, 0.3) is 0 Å². The summed E-state index contributed by atoms with van der Waals surface area (Å²) >= 11 is 15.8. The van der Waals surface area contributed by atoms with Crippen molar-refractivity contribution in [2.75, 3.05) is 5.32 Å². The molecule has 1 N–H and O–H groups in total. The quantitative estimate of drug-likeness (QED) is 0.679. The van der Waals surface area contributed by atoms with E-state index in [1.165, 1.54) is 0 Å². The summed E-state index contributed by atoms with van der Waals surface area (Å²) < 4.78 is 0. The van der Waals surface area contributed by atoms with E-state index < -0.39 is 21.1 Å². The minimum Gasteiger partial charge on any atom is -0.323 e. The van der Waals surface area contributed by atoms with Crippen LogP contribution in [0.5, 0.6) is 0 Å². The first kappa shape index (κ1) is 17.2. The number of Topliss-reactive ketones (excluding diaryl/α,β-unsaturated/α-hetero) is 1. The van der Waals surface area contributed by atoms with Gasteiger partial charge in [-0.3, -0.25) is 9.59 Å². The van der Waals surface area contributed by atoms with Crippen molar-refractivity contribution in [2.24, 2.45) is 16.2 Å². The Kier molecular flexibility index (Phi) is 3.90. The zero-order chi connectivity index (χ0) is 17.2. The van der Waals surface area contributed by atoms with E-state index >= 15 is 0 Å². The van der Waals surface area contributed by atoms with Crippen LogP contribution in [0.2, 0.25) is 10.0 Å². The van der Waals surface area contributed by atoms with Crippen molar-refractivity contribution in [1.29, 1.82) is 0 Å². The first-order valence-corrected chi connectivity index (χ1v) is 9.20. The number of benzene rings is 1. The molecule has 0 unspecified atom stereocenters. The van der Waals surface area contributed by atoms with Crippen LogP contribution in [0.25, 0.3) is 0 Å². The zero-order valence-electron chi connectivity index (χ0n) is 13.2. The van der Waals surface area contributed by atoms with Crippen molar-refractivity contribution in [3.05, 3.63) is 28.2 Å². The van der Waals surface area contributed by atoms with Crippen molar-refractivity contribution in [1.82, 2.24) is 0 Å². The molecule has 0 radical (unpaired) electrons. The van der Waals surface area contributed by atoms with E-state index in [1.807, 2.05) is 20.8 Å². The van der Waals surface area contributed by atoms with Gasteiger partial charge in [-0.25, -0.2) is 0 Å². The van der Waals surface area contributed by atoms with Gasteiger partial charge in [-0.15, -0.1) is 0 Å². The number of anilines is 1. The molecule has 2 bridgehead atoms. The van der Waals surface area contributed by atoms with Gasteiger partial charge in [-0.05, 0) is 30.4 Å². The second kappa shape index (κ2) is 5.21. The first-order valence-electron chi connectivity index (χ1n) is 7.53. The molecule has 0 saturated heterocycles. The van der Waals surface area contributed by atoms with E-state index in [4.69, 9.17) is 23.2 Å². The lowest BCUT2D eigenvalue weighted by atomic mass is 9.64. The molecule has 2 aliphatic rings. The largest absolute Gasteiger partial charge is 0.323 e. The maximum atomic E-state index is 13.2. The number of ketones is 1. The van der Waals surface area contributed by atoms with Crippen LogP contribution in [0.3, 0.4) is 0 Å². The van der Waals surface area contributed by atoms with Crippen molar-refractivity contribution in [3.8, 4) is 0 Å². The van der Waals surface area contributed by atoms with Gasteiger partial charge >= 0.3 is 0 Å². The summed E-state index contributed by atoms with van der Waals surface area (Å²) in [6.07, 6.45) is 1.37. The third-order valence-electron chi connectivity index (χ3n) is 6.33. The number of hydrogen-bond donors (Lipinski definition) is 1. The fraction of sp³-hybridized carbons (Fsp3) is 0.529. The highest BCUT2D eigenvalue weighted by Gasteiger charge is 2.76. The first-order chi connectivity index (χ1) is 10.6. The lowest BCUT2D eigenvalue weighted by molar-refractivity contribution is -0.130. The number of nitrogens with one attached hydrogen (secondary N) is 1. The third-order valence-corrected chi connectivity index (χ3v) is 8.15. The maximum Gasteiger partial charge on any atom is 0.232 e. The van der Waals surface area contributed by atoms with Crippen molar-refractivity contribution < 1.29 is 9.59 Å². The lowest BCUT2D eigenvalue weighted by Gasteiger charge is -2.39. The minimum atomic E-state index is -0.804. The number of fused-ring (bicyclic) bond motifs is 2. The standard InChI is InChI=1S/C17H18BrCl2NO2/c1-15(2)16(3)7-8-17(15,12(18)13(16)22)14(23)21-11-9(19)5-4-6-10(11)20/h4-6,12H,7-8H2,1-3H3,(H,21,23)/t12-,16-,17+/m1/s1. The fourth-order valence-corrected chi connectivity index (χ4v) is 6.30. The molecule has 1 aromatic carbocycles. The van der Waals surface area contributed by atoms with E-state index in [0.29, 0.717) is 28.6 Å². The summed E-state index contributed by atoms with van der Waals surface area (Å²) in [6.45, 7) is 5.98. The fourth-order valence-electron chi connectivity index (χ4n) is 4.30. The number of hydrogen-bond acceptors (Lipinski definition) is 2. The topological polar surface area (TPSA) is 46.2 Å². The molecule has 0 aromatic heterocycles. The summed E-state index contributed by atoms with van der Waals surface area (Å²) in [5.41, 5.74) is -1.36.